The topological polar surface area (TPSA) is 93.2 Å². The molecule has 9 nitrogen and oxygen atoms in total. The Bertz CT molecular complexity index is 991. The van der Waals surface area contributed by atoms with E-state index in [1.54, 1.807) is 6.92 Å². The summed E-state index contributed by atoms with van der Waals surface area (Å²) in [4.78, 5) is 21.4. The van der Waals surface area contributed by atoms with Gasteiger partial charge >= 0.3 is 0 Å². The van der Waals surface area contributed by atoms with Crippen molar-refractivity contribution in [3.05, 3.63) is 41.9 Å². The van der Waals surface area contributed by atoms with E-state index in [0.717, 1.165) is 38.2 Å². The molecular formula is C21H27N7O2. The zero-order valence-electron chi connectivity index (χ0n) is 17.7. The Morgan fingerprint density at radius 2 is 2.00 bits per heavy atom. The molecule has 1 fully saturated rings. The summed E-state index contributed by atoms with van der Waals surface area (Å²) in [6.45, 7) is 9.24. The van der Waals surface area contributed by atoms with E-state index >= 15 is 0 Å². The number of carbonyl (C=O) groups is 1. The van der Waals surface area contributed by atoms with Crippen molar-refractivity contribution in [2.24, 2.45) is 0 Å². The van der Waals surface area contributed by atoms with Gasteiger partial charge in [0.25, 0.3) is 5.91 Å². The average molecular weight is 409 g/mol. The summed E-state index contributed by atoms with van der Waals surface area (Å²) in [6.07, 6.45) is 3.69. The van der Waals surface area contributed by atoms with Gasteiger partial charge in [-0.1, -0.05) is 10.4 Å². The molecule has 0 radical (unpaired) electrons. The second kappa shape index (κ2) is 8.64. The minimum atomic E-state index is 0.0555. The van der Waals surface area contributed by atoms with E-state index in [1.807, 2.05) is 40.0 Å². The average Bonchev–Trinajstić information content (AvgIpc) is 3.44. The Labute approximate surface area is 175 Å². The Morgan fingerprint density at radius 3 is 2.67 bits per heavy atom. The third-order valence-corrected chi connectivity index (χ3v) is 5.57. The van der Waals surface area contributed by atoms with Crippen LogP contribution in [0.15, 0.2) is 35.0 Å². The number of hydrogen-bond acceptors (Lipinski definition) is 7. The van der Waals surface area contributed by atoms with Gasteiger partial charge in [0, 0.05) is 44.4 Å². The zero-order valence-corrected chi connectivity index (χ0v) is 17.7. The smallest absolute Gasteiger partial charge is 0.253 e. The number of aryl methyl sites for hydroxylation is 1. The summed E-state index contributed by atoms with van der Waals surface area (Å²) in [7, 11) is 0. The quantitative estimate of drug-likeness (QED) is 0.618. The lowest BCUT2D eigenvalue weighted by Crippen LogP contribution is -2.40. The van der Waals surface area contributed by atoms with Crippen LogP contribution in [-0.2, 0) is 0 Å². The van der Waals surface area contributed by atoms with Gasteiger partial charge in [-0.05, 0) is 51.0 Å². The van der Waals surface area contributed by atoms with Gasteiger partial charge in [0.15, 0.2) is 5.69 Å². The van der Waals surface area contributed by atoms with E-state index in [0.29, 0.717) is 29.5 Å². The first kappa shape index (κ1) is 20.1. The fourth-order valence-electron chi connectivity index (χ4n) is 3.90. The fourth-order valence-corrected chi connectivity index (χ4v) is 3.90. The third kappa shape index (κ3) is 4.05. The number of carbonyl (C=O) groups excluding carboxylic acids is 1. The molecule has 1 aliphatic heterocycles. The normalized spacial score (nSPS) is 16.6. The number of likely N-dealkylation sites (tertiary alicyclic amines) is 1. The van der Waals surface area contributed by atoms with Gasteiger partial charge in [-0.25, -0.2) is 4.68 Å². The predicted octanol–water partition coefficient (Wildman–Crippen LogP) is 2.96. The highest BCUT2D eigenvalue weighted by atomic mass is 16.5. The van der Waals surface area contributed by atoms with Crippen LogP contribution in [0.2, 0.25) is 0 Å². The molecule has 3 heterocycles. The maximum absolute atomic E-state index is 13.1. The van der Waals surface area contributed by atoms with Gasteiger partial charge in [0.2, 0.25) is 11.7 Å². The molecule has 0 aliphatic carbocycles. The predicted molar refractivity (Wildman–Crippen MR) is 112 cm³/mol. The lowest BCUT2D eigenvalue weighted by molar-refractivity contribution is 0.0672. The molecule has 4 rings (SSSR count). The molecule has 9 heteroatoms. The summed E-state index contributed by atoms with van der Waals surface area (Å²) >= 11 is 0. The number of aromatic nitrogens is 5. The van der Waals surface area contributed by atoms with Gasteiger partial charge in [0.1, 0.15) is 0 Å². The molecule has 1 atom stereocenters. The molecule has 0 spiro atoms. The van der Waals surface area contributed by atoms with Gasteiger partial charge in [0.05, 0.1) is 12.2 Å². The Morgan fingerprint density at radius 1 is 1.23 bits per heavy atom. The molecule has 1 saturated heterocycles. The van der Waals surface area contributed by atoms with Crippen molar-refractivity contribution in [1.29, 1.82) is 0 Å². The number of hydrogen-bond donors (Lipinski definition) is 0. The van der Waals surface area contributed by atoms with Crippen molar-refractivity contribution in [3.63, 3.8) is 0 Å². The number of rotatable bonds is 6. The van der Waals surface area contributed by atoms with Crippen molar-refractivity contribution in [2.75, 3.05) is 31.1 Å². The second-order valence-electron chi connectivity index (χ2n) is 7.49. The van der Waals surface area contributed by atoms with E-state index in [1.165, 1.54) is 0 Å². The molecule has 0 unspecified atom stereocenters. The van der Waals surface area contributed by atoms with Crippen LogP contribution in [0, 0.1) is 6.92 Å². The lowest BCUT2D eigenvalue weighted by atomic mass is 10.0. The van der Waals surface area contributed by atoms with Crippen LogP contribution in [0.5, 0.6) is 0 Å². The number of nitrogens with zero attached hydrogens (tertiary/aromatic N) is 7. The fraction of sp³-hybridized carbons (Fsp3) is 0.476. The van der Waals surface area contributed by atoms with Crippen LogP contribution in [0.1, 0.15) is 49.0 Å². The first-order valence-electron chi connectivity index (χ1n) is 10.5. The number of benzene rings is 1. The van der Waals surface area contributed by atoms with E-state index < -0.39 is 0 Å². The van der Waals surface area contributed by atoms with E-state index in [4.69, 9.17) is 4.52 Å². The van der Waals surface area contributed by atoms with Gasteiger partial charge in [-0.3, -0.25) is 4.79 Å². The maximum Gasteiger partial charge on any atom is 0.253 e. The highest BCUT2D eigenvalue weighted by Gasteiger charge is 2.27. The van der Waals surface area contributed by atoms with Gasteiger partial charge < -0.3 is 14.3 Å². The van der Waals surface area contributed by atoms with Crippen LogP contribution in [0.25, 0.3) is 11.5 Å². The number of piperidine rings is 1. The number of anilines is 1. The molecule has 30 heavy (non-hydrogen) atoms. The largest absolute Gasteiger partial charge is 0.372 e. The van der Waals surface area contributed by atoms with Gasteiger partial charge in [-0.15, -0.1) is 5.10 Å². The molecule has 1 amide bonds. The molecule has 0 N–H and O–H groups in total. The van der Waals surface area contributed by atoms with Crippen LogP contribution in [-0.4, -0.2) is 62.1 Å². The molecule has 3 aromatic rings. The van der Waals surface area contributed by atoms with Crippen LogP contribution >= 0.6 is 0 Å². The highest BCUT2D eigenvalue weighted by molar-refractivity contribution is 5.94. The van der Waals surface area contributed by atoms with Crippen molar-refractivity contribution in [1.82, 2.24) is 30.0 Å². The van der Waals surface area contributed by atoms with Crippen molar-refractivity contribution in [2.45, 2.75) is 39.7 Å². The van der Waals surface area contributed by atoms with Crippen molar-refractivity contribution >= 4 is 11.6 Å². The maximum atomic E-state index is 13.1. The van der Waals surface area contributed by atoms with E-state index in [9.17, 15) is 4.79 Å². The molecule has 0 bridgehead atoms. The van der Waals surface area contributed by atoms with Crippen molar-refractivity contribution < 1.29 is 9.32 Å². The SMILES string of the molecule is CCN(CC)c1ccc(C(=O)N2CCC[C@@H](n3cc(-c4noc(C)n4)nn3)C2)cc1. The first-order chi connectivity index (χ1) is 14.6. The highest BCUT2D eigenvalue weighted by Crippen LogP contribution is 2.24. The Hall–Kier alpha value is -3.23. The van der Waals surface area contributed by atoms with Gasteiger partial charge in [-0.2, -0.15) is 4.98 Å². The standard InChI is InChI=1S/C21H27N7O2/c1-4-26(5-2)17-10-8-16(9-11-17)21(29)27-12-6-7-18(13-27)28-14-19(23-25-28)20-22-15(3)30-24-20/h8-11,14,18H,4-7,12-13H2,1-3H3/t18-/m1/s1. The first-order valence-corrected chi connectivity index (χ1v) is 10.5. The van der Waals surface area contributed by atoms with E-state index in [2.05, 4.69) is 39.2 Å². The molecule has 1 aliphatic rings. The lowest BCUT2D eigenvalue weighted by Gasteiger charge is -2.32. The number of amides is 1. The zero-order chi connectivity index (χ0) is 21.1. The second-order valence-corrected chi connectivity index (χ2v) is 7.49. The van der Waals surface area contributed by atoms with Crippen LogP contribution in [0.3, 0.4) is 0 Å². The van der Waals surface area contributed by atoms with E-state index in [-0.39, 0.29) is 11.9 Å². The summed E-state index contributed by atoms with van der Waals surface area (Å²) in [6, 6.07) is 7.97. The summed E-state index contributed by atoms with van der Waals surface area (Å²) in [5.74, 6) is 0.969. The molecule has 0 saturated carbocycles. The summed E-state index contributed by atoms with van der Waals surface area (Å²) in [5.41, 5.74) is 2.43. The molecule has 2 aromatic heterocycles. The Balaban J connectivity index is 1.45. The minimum Gasteiger partial charge on any atom is -0.372 e. The molecule has 158 valence electrons. The molecule has 1 aromatic carbocycles. The minimum absolute atomic E-state index is 0.0555. The van der Waals surface area contributed by atoms with Crippen LogP contribution in [0.4, 0.5) is 5.69 Å². The summed E-state index contributed by atoms with van der Waals surface area (Å²) < 4.78 is 6.82. The molecular weight excluding hydrogens is 382 g/mol. The summed E-state index contributed by atoms with van der Waals surface area (Å²) in [5, 5.41) is 12.3. The van der Waals surface area contributed by atoms with Crippen LogP contribution < -0.4 is 4.90 Å². The Kier molecular flexibility index (Phi) is 5.78. The monoisotopic (exact) mass is 409 g/mol. The third-order valence-electron chi connectivity index (χ3n) is 5.57. The van der Waals surface area contributed by atoms with Crippen molar-refractivity contribution in [3.8, 4) is 11.5 Å².